The summed E-state index contributed by atoms with van der Waals surface area (Å²) in [7, 11) is 0. The molecular weight excluding hydrogens is 547 g/mol. The SMILES string of the molecule is O=C1OC(c2cc([N+](=O)[O-])ccc2Cl)=N/C1=C\c1ccccc1OCc1ccccc1I. The van der Waals surface area contributed by atoms with E-state index in [2.05, 4.69) is 27.6 Å². The summed E-state index contributed by atoms with van der Waals surface area (Å²) in [4.78, 5) is 27.1. The summed E-state index contributed by atoms with van der Waals surface area (Å²) in [5.41, 5.74) is 1.69. The van der Waals surface area contributed by atoms with Gasteiger partial charge in [-0.25, -0.2) is 9.79 Å². The van der Waals surface area contributed by atoms with Crippen LogP contribution < -0.4 is 4.74 Å². The number of ether oxygens (including phenoxy) is 2. The molecular formula is C23H14ClIN2O5. The van der Waals surface area contributed by atoms with Gasteiger partial charge in [-0.3, -0.25) is 10.1 Å². The van der Waals surface area contributed by atoms with Crippen LogP contribution in [-0.4, -0.2) is 16.8 Å². The quantitative estimate of drug-likeness (QED) is 0.125. The van der Waals surface area contributed by atoms with Crippen LogP contribution in [0.1, 0.15) is 16.7 Å². The van der Waals surface area contributed by atoms with Crippen LogP contribution in [0.15, 0.2) is 77.4 Å². The Morgan fingerprint density at radius 3 is 2.66 bits per heavy atom. The Bertz CT molecular complexity index is 1290. The van der Waals surface area contributed by atoms with Crippen molar-refractivity contribution in [2.45, 2.75) is 6.61 Å². The Hall–Kier alpha value is -3.24. The first-order valence-electron chi connectivity index (χ1n) is 9.34. The van der Waals surface area contributed by atoms with Crippen LogP contribution in [0.3, 0.4) is 0 Å². The number of nitrogens with zero attached hydrogens (tertiary/aromatic N) is 2. The Labute approximate surface area is 201 Å². The molecule has 0 unspecified atom stereocenters. The van der Waals surface area contributed by atoms with E-state index in [-0.39, 0.29) is 27.9 Å². The van der Waals surface area contributed by atoms with Gasteiger partial charge in [0.2, 0.25) is 5.90 Å². The average Bonchev–Trinajstić information content (AvgIpc) is 3.14. The van der Waals surface area contributed by atoms with E-state index in [4.69, 9.17) is 21.1 Å². The standard InChI is InChI=1S/C23H14ClIN2O5/c24-18-10-9-16(27(29)30)12-17(18)22-26-20(23(28)32-22)11-14-5-2-4-8-21(14)31-13-15-6-1-3-7-19(15)25/h1-12H,13H2/b20-11-. The van der Waals surface area contributed by atoms with Gasteiger partial charge in [-0.05, 0) is 46.9 Å². The Balaban J connectivity index is 1.63. The topological polar surface area (TPSA) is 91.0 Å². The number of benzene rings is 3. The number of non-ortho nitro benzene ring substituents is 1. The Kier molecular flexibility index (Phi) is 6.52. The van der Waals surface area contributed by atoms with Gasteiger partial charge in [-0.2, -0.15) is 0 Å². The normalized spacial score (nSPS) is 14.2. The van der Waals surface area contributed by atoms with Crippen molar-refractivity contribution < 1.29 is 19.2 Å². The molecule has 1 heterocycles. The number of carbonyl (C=O) groups excluding carboxylic acids is 1. The maximum atomic E-state index is 12.4. The van der Waals surface area contributed by atoms with Crippen LogP contribution in [0, 0.1) is 13.7 Å². The molecule has 3 aromatic rings. The molecule has 4 rings (SSSR count). The molecule has 0 saturated heterocycles. The Morgan fingerprint density at radius 1 is 1.12 bits per heavy atom. The maximum Gasteiger partial charge on any atom is 0.363 e. The van der Waals surface area contributed by atoms with Gasteiger partial charge in [-0.1, -0.05) is 48.0 Å². The minimum absolute atomic E-state index is 0.0351. The van der Waals surface area contributed by atoms with Gasteiger partial charge in [0, 0.05) is 26.8 Å². The molecule has 0 fully saturated rings. The van der Waals surface area contributed by atoms with Crippen LogP contribution in [0.25, 0.3) is 6.08 Å². The predicted molar refractivity (Wildman–Crippen MR) is 129 cm³/mol. The van der Waals surface area contributed by atoms with Gasteiger partial charge in [0.1, 0.15) is 12.4 Å². The Morgan fingerprint density at radius 2 is 1.88 bits per heavy atom. The highest BCUT2D eigenvalue weighted by atomic mass is 127. The minimum atomic E-state index is -0.685. The first-order chi connectivity index (χ1) is 15.4. The fourth-order valence-corrected chi connectivity index (χ4v) is 3.71. The zero-order valence-corrected chi connectivity index (χ0v) is 19.2. The molecule has 3 aromatic carbocycles. The van der Waals surface area contributed by atoms with Gasteiger partial charge in [0.25, 0.3) is 5.69 Å². The van der Waals surface area contributed by atoms with Crippen LogP contribution in [0.2, 0.25) is 5.02 Å². The zero-order valence-electron chi connectivity index (χ0n) is 16.3. The number of rotatable bonds is 6. The minimum Gasteiger partial charge on any atom is -0.488 e. The lowest BCUT2D eigenvalue weighted by Crippen LogP contribution is -2.06. The summed E-state index contributed by atoms with van der Waals surface area (Å²) in [5, 5.41) is 11.2. The second-order valence-electron chi connectivity index (χ2n) is 6.68. The summed E-state index contributed by atoms with van der Waals surface area (Å²) < 4.78 is 12.3. The highest BCUT2D eigenvalue weighted by Crippen LogP contribution is 2.29. The number of carbonyl (C=O) groups is 1. The highest BCUT2D eigenvalue weighted by molar-refractivity contribution is 14.1. The monoisotopic (exact) mass is 560 g/mol. The van der Waals surface area contributed by atoms with Gasteiger partial charge >= 0.3 is 5.97 Å². The number of hydrogen-bond acceptors (Lipinski definition) is 6. The second-order valence-corrected chi connectivity index (χ2v) is 8.24. The summed E-state index contributed by atoms with van der Waals surface area (Å²) in [6.45, 7) is 0.363. The second kappa shape index (κ2) is 9.49. The zero-order chi connectivity index (χ0) is 22.7. The molecule has 1 aliphatic rings. The highest BCUT2D eigenvalue weighted by Gasteiger charge is 2.27. The summed E-state index contributed by atoms with van der Waals surface area (Å²) >= 11 is 8.39. The number of nitro groups is 1. The molecule has 0 N–H and O–H groups in total. The molecule has 0 aliphatic carbocycles. The van der Waals surface area contributed by atoms with Gasteiger partial charge in [0.15, 0.2) is 5.70 Å². The summed E-state index contributed by atoms with van der Waals surface area (Å²) in [5.74, 6) is -0.202. The lowest BCUT2D eigenvalue weighted by molar-refractivity contribution is -0.384. The molecule has 1 aliphatic heterocycles. The van der Waals surface area contributed by atoms with E-state index < -0.39 is 10.9 Å². The molecule has 0 amide bonds. The van der Waals surface area contributed by atoms with Crippen molar-refractivity contribution in [1.29, 1.82) is 0 Å². The van der Waals surface area contributed by atoms with E-state index in [1.807, 2.05) is 36.4 Å². The molecule has 0 spiro atoms. The molecule has 0 aromatic heterocycles. The third kappa shape index (κ3) is 4.81. The number of para-hydroxylation sites is 1. The van der Waals surface area contributed by atoms with Crippen LogP contribution in [-0.2, 0) is 16.1 Å². The predicted octanol–water partition coefficient (Wildman–Crippen LogP) is 5.78. The fourth-order valence-electron chi connectivity index (χ4n) is 2.96. The van der Waals surface area contributed by atoms with Crippen molar-refractivity contribution in [2.24, 2.45) is 4.99 Å². The third-order valence-electron chi connectivity index (χ3n) is 4.56. The fraction of sp³-hybridized carbons (Fsp3) is 0.0435. The van der Waals surface area contributed by atoms with Gasteiger partial charge in [-0.15, -0.1) is 0 Å². The maximum absolute atomic E-state index is 12.4. The average molecular weight is 561 g/mol. The van der Waals surface area contributed by atoms with Gasteiger partial charge in [0.05, 0.1) is 15.5 Å². The van der Waals surface area contributed by atoms with E-state index in [1.54, 1.807) is 18.2 Å². The molecule has 0 atom stereocenters. The van der Waals surface area contributed by atoms with Gasteiger partial charge < -0.3 is 9.47 Å². The first-order valence-corrected chi connectivity index (χ1v) is 10.8. The van der Waals surface area contributed by atoms with E-state index in [9.17, 15) is 14.9 Å². The summed E-state index contributed by atoms with van der Waals surface area (Å²) in [6.07, 6.45) is 1.55. The van der Waals surface area contributed by atoms with E-state index >= 15 is 0 Å². The number of nitro benzene ring substituents is 1. The smallest absolute Gasteiger partial charge is 0.363 e. The summed E-state index contributed by atoms with van der Waals surface area (Å²) in [6, 6.07) is 19.0. The lowest BCUT2D eigenvalue weighted by Gasteiger charge is -2.10. The number of hydrogen-bond donors (Lipinski definition) is 0. The number of cyclic esters (lactones) is 1. The lowest BCUT2D eigenvalue weighted by atomic mass is 10.1. The molecule has 160 valence electrons. The van der Waals surface area contributed by atoms with Crippen molar-refractivity contribution in [1.82, 2.24) is 0 Å². The van der Waals surface area contributed by atoms with Crippen molar-refractivity contribution >= 4 is 57.8 Å². The van der Waals surface area contributed by atoms with E-state index in [0.29, 0.717) is 17.9 Å². The van der Waals surface area contributed by atoms with Crippen molar-refractivity contribution in [3.05, 3.63) is 108 Å². The number of halogens is 2. The first kappa shape index (κ1) is 22.0. The largest absolute Gasteiger partial charge is 0.488 e. The van der Waals surface area contributed by atoms with E-state index in [0.717, 1.165) is 9.13 Å². The molecule has 7 nitrogen and oxygen atoms in total. The van der Waals surface area contributed by atoms with Crippen molar-refractivity contribution in [3.63, 3.8) is 0 Å². The molecule has 32 heavy (non-hydrogen) atoms. The van der Waals surface area contributed by atoms with Crippen LogP contribution in [0.5, 0.6) is 5.75 Å². The number of aliphatic imine (C=N–C) groups is 1. The van der Waals surface area contributed by atoms with Crippen LogP contribution >= 0.6 is 34.2 Å². The third-order valence-corrected chi connectivity index (χ3v) is 5.95. The van der Waals surface area contributed by atoms with Crippen LogP contribution in [0.4, 0.5) is 5.69 Å². The molecule has 9 heteroatoms. The number of esters is 1. The van der Waals surface area contributed by atoms with E-state index in [1.165, 1.54) is 18.2 Å². The molecule has 0 bridgehead atoms. The van der Waals surface area contributed by atoms with Crippen molar-refractivity contribution in [2.75, 3.05) is 0 Å². The molecule has 0 saturated carbocycles. The molecule has 0 radical (unpaired) electrons. The van der Waals surface area contributed by atoms with Crippen molar-refractivity contribution in [3.8, 4) is 5.75 Å².